The lowest BCUT2D eigenvalue weighted by Gasteiger charge is -2.24. The Labute approximate surface area is 87.1 Å². The summed E-state index contributed by atoms with van der Waals surface area (Å²) in [6, 6.07) is 0. The number of hydrogen-bond donors (Lipinski definition) is 0. The van der Waals surface area contributed by atoms with Crippen LogP contribution in [0.3, 0.4) is 0 Å². The average molecular weight is 200 g/mol. The second kappa shape index (κ2) is 8.85. The van der Waals surface area contributed by atoms with E-state index in [9.17, 15) is 9.90 Å². The second-order valence-electron chi connectivity index (χ2n) is 3.67. The molecule has 0 spiro atoms. The van der Waals surface area contributed by atoms with Gasteiger partial charge in [-0.25, -0.2) is 0 Å². The molecule has 3 heteroatoms. The van der Waals surface area contributed by atoms with Crippen molar-refractivity contribution in [2.75, 3.05) is 13.1 Å². The van der Waals surface area contributed by atoms with Gasteiger partial charge in [0.15, 0.2) is 0 Å². The minimum atomic E-state index is -1.02. The van der Waals surface area contributed by atoms with Crippen molar-refractivity contribution in [3.63, 3.8) is 0 Å². The van der Waals surface area contributed by atoms with Crippen LogP contribution in [0, 0.1) is 0 Å². The van der Waals surface area contributed by atoms with Crippen molar-refractivity contribution in [1.29, 1.82) is 0 Å². The lowest BCUT2D eigenvalue weighted by molar-refractivity contribution is -0.265. The van der Waals surface area contributed by atoms with E-state index in [0.717, 1.165) is 38.5 Å². The Kier molecular flexibility index (Phi) is 8.39. The van der Waals surface area contributed by atoms with Crippen LogP contribution in [-0.2, 0) is 0 Å². The number of unbranched alkanes of at least 4 members (excludes halogenated alkanes) is 4. The summed E-state index contributed by atoms with van der Waals surface area (Å²) < 4.78 is 0. The average Bonchev–Trinajstić information content (AvgIpc) is 2.15. The van der Waals surface area contributed by atoms with Crippen LogP contribution >= 0.6 is 0 Å². The molecule has 0 N–H and O–H groups in total. The molecule has 0 aliphatic carbocycles. The lowest BCUT2D eigenvalue weighted by atomic mass is 10.2. The van der Waals surface area contributed by atoms with E-state index in [1.54, 1.807) is 0 Å². The van der Waals surface area contributed by atoms with Crippen LogP contribution in [0.25, 0.3) is 0 Å². The minimum Gasteiger partial charge on any atom is -0.530 e. The SMILES string of the molecule is CCCCCN(CCCCC)C(=O)[O-]. The van der Waals surface area contributed by atoms with E-state index in [1.807, 2.05) is 0 Å². The third-order valence-corrected chi connectivity index (χ3v) is 2.32. The van der Waals surface area contributed by atoms with E-state index < -0.39 is 6.09 Å². The highest BCUT2D eigenvalue weighted by Crippen LogP contribution is 2.01. The highest BCUT2D eigenvalue weighted by Gasteiger charge is 2.02. The number of carbonyl (C=O) groups is 1. The predicted molar refractivity (Wildman–Crippen MR) is 56.0 cm³/mol. The molecule has 3 nitrogen and oxygen atoms in total. The van der Waals surface area contributed by atoms with E-state index in [0.29, 0.717) is 13.1 Å². The van der Waals surface area contributed by atoms with Crippen LogP contribution < -0.4 is 5.11 Å². The number of nitrogens with zero attached hydrogens (tertiary/aromatic N) is 1. The lowest BCUT2D eigenvalue weighted by Crippen LogP contribution is -2.42. The number of hydrogen-bond acceptors (Lipinski definition) is 2. The number of amides is 1. The van der Waals surface area contributed by atoms with Gasteiger partial charge in [-0.2, -0.15) is 0 Å². The van der Waals surface area contributed by atoms with Crippen molar-refractivity contribution in [1.82, 2.24) is 4.90 Å². The zero-order valence-electron chi connectivity index (χ0n) is 9.42. The molecule has 0 aromatic carbocycles. The van der Waals surface area contributed by atoms with Crippen LogP contribution in [0.1, 0.15) is 52.4 Å². The van der Waals surface area contributed by atoms with E-state index in [1.165, 1.54) is 4.90 Å². The first-order valence-electron chi connectivity index (χ1n) is 5.68. The Morgan fingerprint density at radius 3 is 1.71 bits per heavy atom. The van der Waals surface area contributed by atoms with Gasteiger partial charge in [-0.05, 0) is 12.8 Å². The van der Waals surface area contributed by atoms with E-state index in [2.05, 4.69) is 13.8 Å². The zero-order chi connectivity index (χ0) is 10.8. The molecule has 0 unspecified atom stereocenters. The Bertz CT molecular complexity index is 138. The topological polar surface area (TPSA) is 43.4 Å². The van der Waals surface area contributed by atoms with Gasteiger partial charge in [0.05, 0.1) is 0 Å². The normalized spacial score (nSPS) is 10.1. The minimum absolute atomic E-state index is 0.639. The molecule has 0 atom stereocenters. The van der Waals surface area contributed by atoms with Crippen molar-refractivity contribution < 1.29 is 9.90 Å². The van der Waals surface area contributed by atoms with Crippen molar-refractivity contribution in [3.8, 4) is 0 Å². The summed E-state index contributed by atoms with van der Waals surface area (Å²) in [6.45, 7) is 5.50. The maximum Gasteiger partial charge on any atom is 0.136 e. The first kappa shape index (κ1) is 13.3. The first-order chi connectivity index (χ1) is 6.72. The maximum atomic E-state index is 10.7. The van der Waals surface area contributed by atoms with Gasteiger partial charge < -0.3 is 14.8 Å². The van der Waals surface area contributed by atoms with Crippen molar-refractivity contribution >= 4 is 6.09 Å². The third kappa shape index (κ3) is 6.75. The third-order valence-electron chi connectivity index (χ3n) is 2.32. The fourth-order valence-corrected chi connectivity index (χ4v) is 1.40. The van der Waals surface area contributed by atoms with Gasteiger partial charge in [0, 0.05) is 13.1 Å². The highest BCUT2D eigenvalue weighted by molar-refractivity contribution is 5.62. The fourth-order valence-electron chi connectivity index (χ4n) is 1.40. The summed E-state index contributed by atoms with van der Waals surface area (Å²) in [6.07, 6.45) is 5.32. The zero-order valence-corrected chi connectivity index (χ0v) is 9.42. The molecular weight excluding hydrogens is 178 g/mol. The van der Waals surface area contributed by atoms with Gasteiger partial charge in [0.25, 0.3) is 0 Å². The van der Waals surface area contributed by atoms with Crippen LogP contribution in [0.4, 0.5) is 4.79 Å². The molecule has 0 rings (SSSR count). The summed E-state index contributed by atoms with van der Waals surface area (Å²) in [7, 11) is 0. The van der Waals surface area contributed by atoms with E-state index >= 15 is 0 Å². The predicted octanol–water partition coefficient (Wildman–Crippen LogP) is 2.01. The van der Waals surface area contributed by atoms with Gasteiger partial charge in [0.2, 0.25) is 0 Å². The molecule has 0 fully saturated rings. The molecular formula is C11H22NO2-. The summed E-state index contributed by atoms with van der Waals surface area (Å²) in [5, 5.41) is 10.7. The molecule has 0 aliphatic rings. The first-order valence-corrected chi connectivity index (χ1v) is 5.68. The van der Waals surface area contributed by atoms with Crippen molar-refractivity contribution in [3.05, 3.63) is 0 Å². The Morgan fingerprint density at radius 1 is 1.00 bits per heavy atom. The number of rotatable bonds is 8. The van der Waals surface area contributed by atoms with Gasteiger partial charge in [0.1, 0.15) is 6.09 Å². The van der Waals surface area contributed by atoms with Crippen molar-refractivity contribution in [2.45, 2.75) is 52.4 Å². The fraction of sp³-hybridized carbons (Fsp3) is 0.909. The Morgan fingerprint density at radius 2 is 1.43 bits per heavy atom. The Hall–Kier alpha value is -0.730. The molecule has 0 saturated heterocycles. The largest absolute Gasteiger partial charge is 0.530 e. The van der Waals surface area contributed by atoms with Crippen molar-refractivity contribution in [2.24, 2.45) is 0 Å². The standard InChI is InChI=1S/C11H23NO2/c1-3-5-7-9-12(11(13)14)10-8-6-4-2/h3-10H2,1-2H3,(H,13,14)/p-1. The van der Waals surface area contributed by atoms with Crippen LogP contribution in [0.15, 0.2) is 0 Å². The molecule has 0 aliphatic heterocycles. The molecule has 0 bridgehead atoms. The molecule has 0 aromatic rings. The smallest absolute Gasteiger partial charge is 0.136 e. The maximum absolute atomic E-state index is 10.7. The number of carbonyl (C=O) groups excluding carboxylic acids is 1. The van der Waals surface area contributed by atoms with Crippen LogP contribution in [0.5, 0.6) is 0 Å². The molecule has 84 valence electrons. The van der Waals surface area contributed by atoms with Crippen LogP contribution in [-0.4, -0.2) is 24.1 Å². The molecule has 0 radical (unpaired) electrons. The summed E-state index contributed by atoms with van der Waals surface area (Å²) in [5.41, 5.74) is 0. The summed E-state index contributed by atoms with van der Waals surface area (Å²) >= 11 is 0. The molecule has 0 heterocycles. The summed E-state index contributed by atoms with van der Waals surface area (Å²) in [4.78, 5) is 12.1. The van der Waals surface area contributed by atoms with Gasteiger partial charge >= 0.3 is 0 Å². The monoisotopic (exact) mass is 200 g/mol. The van der Waals surface area contributed by atoms with Gasteiger partial charge in [-0.3, -0.25) is 0 Å². The van der Waals surface area contributed by atoms with Crippen LogP contribution in [0.2, 0.25) is 0 Å². The van der Waals surface area contributed by atoms with Gasteiger partial charge in [-0.1, -0.05) is 39.5 Å². The molecule has 0 saturated carbocycles. The van der Waals surface area contributed by atoms with E-state index in [4.69, 9.17) is 0 Å². The van der Waals surface area contributed by atoms with E-state index in [-0.39, 0.29) is 0 Å². The molecule has 1 amide bonds. The quantitative estimate of drug-likeness (QED) is 0.562. The Balaban J connectivity index is 3.61. The van der Waals surface area contributed by atoms with Gasteiger partial charge in [-0.15, -0.1) is 0 Å². The molecule has 14 heavy (non-hydrogen) atoms. The molecule has 0 aromatic heterocycles. The second-order valence-corrected chi connectivity index (χ2v) is 3.67. The number of carboxylic acid groups (broad SMARTS) is 1. The summed E-state index contributed by atoms with van der Waals surface area (Å²) in [5.74, 6) is 0. The highest BCUT2D eigenvalue weighted by atomic mass is 16.4.